The molecule has 1 heterocycles. The zero-order chi connectivity index (χ0) is 13.1. The van der Waals surface area contributed by atoms with Gasteiger partial charge in [0.15, 0.2) is 28.4 Å². The first kappa shape index (κ1) is 12.5. The molecule has 1 aromatic carbocycles. The fraction of sp³-hybridized carbons (Fsp3) is 0.0909. The molecule has 7 heteroatoms. The fourth-order valence-electron chi connectivity index (χ4n) is 1.35. The van der Waals surface area contributed by atoms with Crippen molar-refractivity contribution >= 4 is 23.1 Å². The molecule has 0 amide bonds. The molecule has 0 saturated heterocycles. The van der Waals surface area contributed by atoms with Gasteiger partial charge in [-0.15, -0.1) is 0 Å². The highest BCUT2D eigenvalue weighted by Crippen LogP contribution is 2.31. The predicted octanol–water partition coefficient (Wildman–Crippen LogP) is 3.16. The van der Waals surface area contributed by atoms with E-state index < -0.39 is 11.6 Å². The van der Waals surface area contributed by atoms with Crippen LogP contribution in [0.1, 0.15) is 0 Å². The van der Waals surface area contributed by atoms with E-state index in [0.717, 1.165) is 6.07 Å². The summed E-state index contributed by atoms with van der Waals surface area (Å²) in [7, 11) is 1.37. The largest absolute Gasteiger partial charge is 0.490 e. The van der Waals surface area contributed by atoms with Gasteiger partial charge in [0, 0.05) is 0 Å². The second-order valence-electron chi connectivity index (χ2n) is 3.27. The number of nitrogens with zero attached hydrogens (tertiary/aromatic N) is 2. The minimum absolute atomic E-state index is 0.0666. The first-order valence-electron chi connectivity index (χ1n) is 4.89. The van der Waals surface area contributed by atoms with Gasteiger partial charge in [0.2, 0.25) is 0 Å². The SMILES string of the molecule is COc1c(Cl)ncnc1Nc1cccc(F)c1F. The maximum atomic E-state index is 13.5. The summed E-state index contributed by atoms with van der Waals surface area (Å²) in [5.41, 5.74) is -0.0666. The molecule has 0 bridgehead atoms. The maximum Gasteiger partial charge on any atom is 0.199 e. The summed E-state index contributed by atoms with van der Waals surface area (Å²) in [6.07, 6.45) is 1.18. The number of nitrogens with one attached hydrogen (secondary N) is 1. The summed E-state index contributed by atoms with van der Waals surface area (Å²) in [5, 5.41) is 2.67. The van der Waals surface area contributed by atoms with Crippen molar-refractivity contribution in [1.82, 2.24) is 9.97 Å². The van der Waals surface area contributed by atoms with E-state index in [-0.39, 0.29) is 22.4 Å². The van der Waals surface area contributed by atoms with Crippen molar-refractivity contribution in [3.8, 4) is 5.75 Å². The van der Waals surface area contributed by atoms with Crippen molar-refractivity contribution in [2.75, 3.05) is 12.4 Å². The van der Waals surface area contributed by atoms with Gasteiger partial charge in [0.25, 0.3) is 0 Å². The molecule has 0 aliphatic rings. The monoisotopic (exact) mass is 271 g/mol. The summed E-state index contributed by atoms with van der Waals surface area (Å²) in [5.74, 6) is -1.65. The average Bonchev–Trinajstić information content (AvgIpc) is 2.35. The van der Waals surface area contributed by atoms with Crippen molar-refractivity contribution in [2.24, 2.45) is 0 Å². The first-order chi connectivity index (χ1) is 8.63. The molecular formula is C11H8ClF2N3O. The lowest BCUT2D eigenvalue weighted by Gasteiger charge is -2.11. The van der Waals surface area contributed by atoms with Gasteiger partial charge in [-0.3, -0.25) is 0 Å². The van der Waals surface area contributed by atoms with Crippen molar-refractivity contribution in [1.29, 1.82) is 0 Å². The van der Waals surface area contributed by atoms with E-state index in [1.807, 2.05) is 0 Å². The topological polar surface area (TPSA) is 47.0 Å². The van der Waals surface area contributed by atoms with E-state index >= 15 is 0 Å². The van der Waals surface area contributed by atoms with Gasteiger partial charge in [-0.2, -0.15) is 0 Å². The molecule has 0 saturated carbocycles. The lowest BCUT2D eigenvalue weighted by molar-refractivity contribution is 0.413. The Kier molecular flexibility index (Phi) is 3.57. The van der Waals surface area contributed by atoms with Crippen LogP contribution in [0, 0.1) is 11.6 Å². The normalized spacial score (nSPS) is 10.2. The molecule has 94 valence electrons. The van der Waals surface area contributed by atoms with Crippen LogP contribution >= 0.6 is 11.6 Å². The number of aromatic nitrogens is 2. The third-order valence-corrected chi connectivity index (χ3v) is 2.44. The Morgan fingerprint density at radius 1 is 1.28 bits per heavy atom. The molecular weight excluding hydrogens is 264 g/mol. The summed E-state index contributed by atoms with van der Waals surface area (Å²) in [4.78, 5) is 7.57. The molecule has 0 aliphatic heterocycles. The highest BCUT2D eigenvalue weighted by molar-refractivity contribution is 6.31. The van der Waals surface area contributed by atoms with E-state index in [2.05, 4.69) is 15.3 Å². The van der Waals surface area contributed by atoms with E-state index in [4.69, 9.17) is 16.3 Å². The number of hydrogen-bond donors (Lipinski definition) is 1. The number of hydrogen-bond acceptors (Lipinski definition) is 4. The van der Waals surface area contributed by atoms with E-state index in [0.29, 0.717) is 0 Å². The standard InChI is InChI=1S/C11H8ClF2N3O/c1-18-9-10(12)15-5-16-11(9)17-7-4-2-3-6(13)8(7)14/h2-5H,1H3,(H,15,16,17). The summed E-state index contributed by atoms with van der Waals surface area (Å²) < 4.78 is 31.5. The zero-order valence-electron chi connectivity index (χ0n) is 9.25. The molecule has 18 heavy (non-hydrogen) atoms. The van der Waals surface area contributed by atoms with Gasteiger partial charge in [0.05, 0.1) is 12.8 Å². The Balaban J connectivity index is 2.40. The van der Waals surface area contributed by atoms with Gasteiger partial charge in [-0.05, 0) is 12.1 Å². The minimum atomic E-state index is -1.01. The molecule has 1 aromatic heterocycles. The van der Waals surface area contributed by atoms with Crippen LogP contribution < -0.4 is 10.1 Å². The van der Waals surface area contributed by atoms with E-state index in [1.54, 1.807) is 0 Å². The minimum Gasteiger partial charge on any atom is -0.490 e. The van der Waals surface area contributed by atoms with Crippen LogP contribution in [-0.2, 0) is 0 Å². The van der Waals surface area contributed by atoms with Crippen molar-refractivity contribution in [3.63, 3.8) is 0 Å². The van der Waals surface area contributed by atoms with Crippen molar-refractivity contribution in [3.05, 3.63) is 41.3 Å². The molecule has 0 spiro atoms. The molecule has 2 aromatic rings. The smallest absolute Gasteiger partial charge is 0.199 e. The quantitative estimate of drug-likeness (QED) is 0.871. The number of rotatable bonds is 3. The molecule has 0 atom stereocenters. The number of ether oxygens (including phenoxy) is 1. The second kappa shape index (κ2) is 5.14. The summed E-state index contributed by atoms with van der Waals surface area (Å²) in [6.45, 7) is 0. The van der Waals surface area contributed by atoms with Gasteiger partial charge in [0.1, 0.15) is 6.33 Å². The van der Waals surface area contributed by atoms with Gasteiger partial charge < -0.3 is 10.1 Å². The number of halogens is 3. The zero-order valence-corrected chi connectivity index (χ0v) is 10.0. The molecule has 1 N–H and O–H groups in total. The summed E-state index contributed by atoms with van der Waals surface area (Å²) >= 11 is 5.78. The lowest BCUT2D eigenvalue weighted by Crippen LogP contribution is -2.01. The molecule has 0 aliphatic carbocycles. The average molecular weight is 272 g/mol. The third kappa shape index (κ3) is 2.33. The molecule has 0 fully saturated rings. The third-order valence-electron chi connectivity index (χ3n) is 2.17. The van der Waals surface area contributed by atoms with Gasteiger partial charge in [-0.25, -0.2) is 18.7 Å². The van der Waals surface area contributed by atoms with Gasteiger partial charge >= 0.3 is 0 Å². The molecule has 2 rings (SSSR count). The van der Waals surface area contributed by atoms with Crippen LogP contribution in [0.25, 0.3) is 0 Å². The second-order valence-corrected chi connectivity index (χ2v) is 3.63. The van der Waals surface area contributed by atoms with Gasteiger partial charge in [-0.1, -0.05) is 17.7 Å². The summed E-state index contributed by atoms with van der Waals surface area (Å²) in [6, 6.07) is 3.76. The van der Waals surface area contributed by atoms with Crippen LogP contribution in [0.3, 0.4) is 0 Å². The highest BCUT2D eigenvalue weighted by Gasteiger charge is 2.13. The Morgan fingerprint density at radius 3 is 2.78 bits per heavy atom. The van der Waals surface area contributed by atoms with Crippen LogP contribution in [0.2, 0.25) is 5.15 Å². The van der Waals surface area contributed by atoms with Crippen LogP contribution in [0.15, 0.2) is 24.5 Å². The number of methoxy groups -OCH3 is 1. The van der Waals surface area contributed by atoms with Crippen LogP contribution in [-0.4, -0.2) is 17.1 Å². The Morgan fingerprint density at radius 2 is 2.06 bits per heavy atom. The molecule has 4 nitrogen and oxygen atoms in total. The maximum absolute atomic E-state index is 13.5. The van der Waals surface area contributed by atoms with Crippen molar-refractivity contribution < 1.29 is 13.5 Å². The first-order valence-corrected chi connectivity index (χ1v) is 5.26. The Hall–Kier alpha value is -1.95. The van der Waals surface area contributed by atoms with Crippen LogP contribution in [0.4, 0.5) is 20.3 Å². The number of benzene rings is 1. The molecule has 0 unspecified atom stereocenters. The Bertz CT molecular complexity index is 580. The van der Waals surface area contributed by atoms with E-state index in [9.17, 15) is 8.78 Å². The van der Waals surface area contributed by atoms with Crippen LogP contribution in [0.5, 0.6) is 5.75 Å². The lowest BCUT2D eigenvalue weighted by atomic mass is 10.3. The Labute approximate surface area is 107 Å². The number of anilines is 2. The molecule has 0 radical (unpaired) electrons. The van der Waals surface area contributed by atoms with Crippen molar-refractivity contribution in [2.45, 2.75) is 0 Å². The predicted molar refractivity (Wildman–Crippen MR) is 63.2 cm³/mol. The fourth-order valence-corrected chi connectivity index (χ4v) is 1.56. The highest BCUT2D eigenvalue weighted by atomic mass is 35.5. The van der Waals surface area contributed by atoms with E-state index in [1.165, 1.54) is 25.6 Å².